The summed E-state index contributed by atoms with van der Waals surface area (Å²) in [6.45, 7) is 1.04. The van der Waals surface area contributed by atoms with Crippen molar-refractivity contribution in [1.82, 2.24) is 10.6 Å². The number of alkyl halides is 3. The molecule has 12 heteroatoms. The van der Waals surface area contributed by atoms with Crippen molar-refractivity contribution < 1.29 is 27.6 Å². The number of Topliss-reactive ketones (excluding diaryl/α,β-unsaturated/α-hetero) is 1. The first-order valence-corrected chi connectivity index (χ1v) is 8.80. The van der Waals surface area contributed by atoms with Gasteiger partial charge in [0.15, 0.2) is 5.78 Å². The highest BCUT2D eigenvalue weighted by Gasteiger charge is 2.34. The number of carbonyl (C=O) groups is 3. The number of hydrogen-bond donors (Lipinski definition) is 2. The molecule has 1 aliphatic heterocycles. The number of nitrogens with one attached hydrogen (secondary N) is 2. The molecule has 2 unspecified atom stereocenters. The predicted molar refractivity (Wildman–Crippen MR) is 101 cm³/mol. The summed E-state index contributed by atoms with van der Waals surface area (Å²) in [5, 5.41) is 11.9. The molecule has 0 spiro atoms. The number of rotatable bonds is 4. The standard InChI is InChI=1S/C18H13ClF3N5O3/c1-8(28)15(27-26-12-4-2-9(19)6-11(12)18(20,21)22)16(29)23-10-3-5-13-14(7-10)25-17(30)24-13/h2-7,13,15H,1H3,(H2,24,25,30). The Balaban J connectivity index is 1.86. The molecule has 3 rings (SSSR count). The molecule has 0 bridgehead atoms. The maximum absolute atomic E-state index is 13.1. The molecule has 1 aliphatic carbocycles. The number of halogens is 4. The lowest BCUT2D eigenvalue weighted by Gasteiger charge is -2.11. The number of ketones is 1. The summed E-state index contributed by atoms with van der Waals surface area (Å²) in [6.07, 6.45) is -0.304. The van der Waals surface area contributed by atoms with Crippen LogP contribution in [0.4, 0.5) is 23.7 Å². The SMILES string of the molecule is CC(=O)C(N=Nc1ccc(Cl)cc1C(F)(F)F)C(=O)N=C1C=CC2NC(=O)NC2=C1. The van der Waals surface area contributed by atoms with Gasteiger partial charge >= 0.3 is 12.2 Å². The third-order valence-electron chi connectivity index (χ3n) is 4.05. The number of amides is 3. The van der Waals surface area contributed by atoms with E-state index < -0.39 is 41.2 Å². The Bertz CT molecular complexity index is 1050. The predicted octanol–water partition coefficient (Wildman–Crippen LogP) is 3.50. The minimum absolute atomic E-state index is 0.138. The molecule has 2 N–H and O–H groups in total. The molecule has 8 nitrogen and oxygen atoms in total. The molecule has 1 heterocycles. The number of nitrogens with zero attached hydrogens (tertiary/aromatic N) is 3. The van der Waals surface area contributed by atoms with Crippen molar-refractivity contribution in [2.75, 3.05) is 0 Å². The fraction of sp³-hybridized carbons (Fsp3) is 0.222. The molecule has 1 aromatic carbocycles. The second-order valence-corrected chi connectivity index (χ2v) is 6.73. The first kappa shape index (κ1) is 21.4. The van der Waals surface area contributed by atoms with Gasteiger partial charge in [-0.05, 0) is 37.3 Å². The zero-order valence-corrected chi connectivity index (χ0v) is 16.0. The summed E-state index contributed by atoms with van der Waals surface area (Å²) in [5.74, 6) is -1.77. The van der Waals surface area contributed by atoms with Crippen LogP contribution in [-0.4, -0.2) is 35.5 Å². The number of carbonyl (C=O) groups excluding carboxylic acids is 3. The topological polar surface area (TPSA) is 112 Å². The van der Waals surface area contributed by atoms with Crippen LogP contribution in [0.15, 0.2) is 57.3 Å². The Morgan fingerprint density at radius 3 is 2.67 bits per heavy atom. The summed E-state index contributed by atoms with van der Waals surface area (Å²) in [7, 11) is 0. The summed E-state index contributed by atoms with van der Waals surface area (Å²) >= 11 is 5.60. The van der Waals surface area contributed by atoms with E-state index in [0.29, 0.717) is 11.8 Å². The Hall–Kier alpha value is -3.34. The third-order valence-corrected chi connectivity index (χ3v) is 4.28. The van der Waals surface area contributed by atoms with Crippen LogP contribution in [0.25, 0.3) is 0 Å². The van der Waals surface area contributed by atoms with Gasteiger partial charge in [0.05, 0.1) is 23.0 Å². The summed E-state index contributed by atoms with van der Waals surface area (Å²) in [5.41, 5.74) is -1.15. The van der Waals surface area contributed by atoms with Crippen molar-refractivity contribution in [2.45, 2.75) is 25.2 Å². The molecule has 0 aromatic heterocycles. The number of urea groups is 1. The Morgan fingerprint density at radius 2 is 2.00 bits per heavy atom. The third kappa shape index (κ3) is 4.79. The highest BCUT2D eigenvalue weighted by molar-refractivity contribution is 6.30. The van der Waals surface area contributed by atoms with Gasteiger partial charge < -0.3 is 10.6 Å². The quantitative estimate of drug-likeness (QED) is 0.553. The van der Waals surface area contributed by atoms with Crippen LogP contribution in [-0.2, 0) is 15.8 Å². The van der Waals surface area contributed by atoms with Gasteiger partial charge in [-0.2, -0.15) is 23.4 Å². The maximum atomic E-state index is 13.1. The average Bonchev–Trinajstić information content (AvgIpc) is 3.01. The van der Waals surface area contributed by atoms with Crippen molar-refractivity contribution in [3.8, 4) is 0 Å². The van der Waals surface area contributed by atoms with Crippen LogP contribution in [0.5, 0.6) is 0 Å². The van der Waals surface area contributed by atoms with Crippen molar-refractivity contribution in [1.29, 1.82) is 0 Å². The molecule has 0 saturated carbocycles. The van der Waals surface area contributed by atoms with Gasteiger partial charge in [0, 0.05) is 10.7 Å². The smallest absolute Gasteiger partial charge is 0.326 e. The molecule has 30 heavy (non-hydrogen) atoms. The van der Waals surface area contributed by atoms with Crippen molar-refractivity contribution >= 4 is 40.7 Å². The van der Waals surface area contributed by atoms with Crippen LogP contribution in [0.3, 0.4) is 0 Å². The second-order valence-electron chi connectivity index (χ2n) is 6.30. The van der Waals surface area contributed by atoms with Crippen LogP contribution >= 0.6 is 11.6 Å². The zero-order chi connectivity index (χ0) is 22.1. The van der Waals surface area contributed by atoms with Crippen molar-refractivity contribution in [2.24, 2.45) is 15.2 Å². The van der Waals surface area contributed by atoms with Gasteiger partial charge in [-0.25, -0.2) is 9.79 Å². The van der Waals surface area contributed by atoms with E-state index in [-0.39, 0.29) is 16.8 Å². The van der Waals surface area contributed by atoms with E-state index in [9.17, 15) is 27.6 Å². The molecule has 156 valence electrons. The molecular formula is C18H13ClF3N5O3. The Kier molecular flexibility index (Phi) is 5.83. The summed E-state index contributed by atoms with van der Waals surface area (Å²) in [6, 6.07) is 0.305. The monoisotopic (exact) mass is 439 g/mol. The van der Waals surface area contributed by atoms with E-state index in [2.05, 4.69) is 25.9 Å². The number of benzene rings is 1. The van der Waals surface area contributed by atoms with E-state index in [4.69, 9.17) is 11.6 Å². The van der Waals surface area contributed by atoms with Gasteiger partial charge in [-0.3, -0.25) is 9.59 Å². The number of allylic oxidation sites excluding steroid dienone is 2. The molecule has 1 aromatic rings. The molecule has 3 amide bonds. The molecule has 2 aliphatic rings. The minimum atomic E-state index is -4.76. The Labute approximate surface area is 172 Å². The first-order valence-electron chi connectivity index (χ1n) is 8.42. The van der Waals surface area contributed by atoms with E-state index in [1.807, 2.05) is 0 Å². The van der Waals surface area contributed by atoms with Crippen LogP contribution in [0.1, 0.15) is 12.5 Å². The van der Waals surface area contributed by atoms with Gasteiger partial charge in [0.25, 0.3) is 5.91 Å². The largest absolute Gasteiger partial charge is 0.418 e. The fourth-order valence-corrected chi connectivity index (χ4v) is 2.82. The van der Waals surface area contributed by atoms with E-state index in [1.54, 1.807) is 6.08 Å². The number of hydrogen-bond acceptors (Lipinski definition) is 5. The first-order chi connectivity index (χ1) is 14.0. The highest BCUT2D eigenvalue weighted by Crippen LogP contribution is 2.38. The average molecular weight is 440 g/mol. The number of azo groups is 1. The van der Waals surface area contributed by atoms with Gasteiger partial charge in [0.1, 0.15) is 0 Å². The summed E-state index contributed by atoms with van der Waals surface area (Å²) in [4.78, 5) is 39.3. The molecular weight excluding hydrogens is 427 g/mol. The molecule has 1 fully saturated rings. The second kappa shape index (κ2) is 8.19. The zero-order valence-electron chi connectivity index (χ0n) is 15.2. The van der Waals surface area contributed by atoms with Gasteiger partial charge in [-0.15, -0.1) is 0 Å². The number of aliphatic imine (C=N–C) groups is 1. The molecule has 1 saturated heterocycles. The van der Waals surface area contributed by atoms with Gasteiger partial charge in [0.2, 0.25) is 6.04 Å². The molecule has 0 radical (unpaired) electrons. The lowest BCUT2D eigenvalue weighted by Crippen LogP contribution is -2.27. The Morgan fingerprint density at radius 1 is 1.27 bits per heavy atom. The van der Waals surface area contributed by atoms with E-state index in [0.717, 1.165) is 13.0 Å². The fourth-order valence-electron chi connectivity index (χ4n) is 2.65. The number of fused-ring (bicyclic) bond motifs is 1. The van der Waals surface area contributed by atoms with Crippen molar-refractivity contribution in [3.63, 3.8) is 0 Å². The van der Waals surface area contributed by atoms with E-state index in [1.165, 1.54) is 18.2 Å². The highest BCUT2D eigenvalue weighted by atomic mass is 35.5. The van der Waals surface area contributed by atoms with E-state index >= 15 is 0 Å². The van der Waals surface area contributed by atoms with Crippen LogP contribution in [0.2, 0.25) is 5.02 Å². The summed E-state index contributed by atoms with van der Waals surface area (Å²) < 4.78 is 39.4. The minimum Gasteiger partial charge on any atom is -0.326 e. The van der Waals surface area contributed by atoms with Gasteiger partial charge in [-0.1, -0.05) is 17.7 Å². The van der Waals surface area contributed by atoms with Crippen LogP contribution < -0.4 is 10.6 Å². The van der Waals surface area contributed by atoms with Crippen molar-refractivity contribution in [3.05, 3.63) is 52.7 Å². The lowest BCUT2D eigenvalue weighted by molar-refractivity contribution is -0.137. The lowest BCUT2D eigenvalue weighted by atomic mass is 10.1. The maximum Gasteiger partial charge on any atom is 0.418 e. The van der Waals surface area contributed by atoms with Crippen LogP contribution in [0, 0.1) is 0 Å². The normalized spacial score (nSPS) is 20.6. The molecule has 2 atom stereocenters.